The molecule has 3 rings (SSSR count). The molecule has 0 radical (unpaired) electrons. The van der Waals surface area contributed by atoms with Crippen LogP contribution in [0.2, 0.25) is 0 Å². The van der Waals surface area contributed by atoms with Crippen LogP contribution in [0.5, 0.6) is 5.75 Å². The van der Waals surface area contributed by atoms with E-state index in [0.29, 0.717) is 24.9 Å². The van der Waals surface area contributed by atoms with Gasteiger partial charge in [0.05, 0.1) is 7.11 Å². The van der Waals surface area contributed by atoms with Crippen molar-refractivity contribution >= 4 is 28.7 Å². The van der Waals surface area contributed by atoms with Crippen LogP contribution in [0, 0.1) is 19.8 Å². The van der Waals surface area contributed by atoms with Crippen molar-refractivity contribution in [2.24, 2.45) is 10.9 Å². The molecule has 2 aromatic heterocycles. The largest absolute Gasteiger partial charge is 0.497 e. The first-order valence-corrected chi connectivity index (χ1v) is 12.0. The number of fused-ring (bicyclic) bond motifs is 1. The van der Waals surface area contributed by atoms with E-state index < -0.39 is 0 Å². The molecule has 0 aliphatic carbocycles. The lowest BCUT2D eigenvalue weighted by atomic mass is 9.98. The van der Waals surface area contributed by atoms with Crippen LogP contribution in [0.4, 0.5) is 5.95 Å². The van der Waals surface area contributed by atoms with Crippen LogP contribution < -0.4 is 15.4 Å². The van der Waals surface area contributed by atoms with Crippen LogP contribution in [-0.4, -0.2) is 40.5 Å². The fourth-order valence-corrected chi connectivity index (χ4v) is 3.97. The molecule has 0 spiro atoms. The number of rotatable bonds is 10. The number of aromatic amines is 1. The third-order valence-corrected chi connectivity index (χ3v) is 5.85. The van der Waals surface area contributed by atoms with Crippen molar-refractivity contribution in [2.45, 2.75) is 59.8 Å². The molecule has 182 valence electrons. The summed E-state index contributed by atoms with van der Waals surface area (Å²) in [6, 6.07) is 7.87. The van der Waals surface area contributed by atoms with Crippen molar-refractivity contribution in [3.05, 3.63) is 47.4 Å². The fourth-order valence-electron chi connectivity index (χ4n) is 3.97. The van der Waals surface area contributed by atoms with E-state index in [1.165, 1.54) is 0 Å². The molecule has 0 aliphatic heterocycles. The molecule has 0 saturated heterocycles. The van der Waals surface area contributed by atoms with Gasteiger partial charge >= 0.3 is 0 Å². The Morgan fingerprint density at radius 3 is 2.62 bits per heavy atom. The third-order valence-electron chi connectivity index (χ3n) is 5.85. The van der Waals surface area contributed by atoms with Gasteiger partial charge in [-0.05, 0) is 62.9 Å². The Morgan fingerprint density at radius 2 is 1.94 bits per heavy atom. The highest BCUT2D eigenvalue weighted by atomic mass is 16.5. The zero-order valence-corrected chi connectivity index (χ0v) is 20.9. The molecule has 0 fully saturated rings. The lowest BCUT2D eigenvalue weighted by Crippen LogP contribution is -2.40. The van der Waals surface area contributed by atoms with Gasteiger partial charge in [-0.3, -0.25) is 20.4 Å². The highest BCUT2D eigenvalue weighted by molar-refractivity contribution is 6.04. The first kappa shape index (κ1) is 25.2. The molecular formula is C26H36N6O2. The van der Waals surface area contributed by atoms with Gasteiger partial charge in [0.15, 0.2) is 0 Å². The van der Waals surface area contributed by atoms with Crippen LogP contribution in [0.1, 0.15) is 56.5 Å². The van der Waals surface area contributed by atoms with E-state index in [0.717, 1.165) is 59.3 Å². The van der Waals surface area contributed by atoms with E-state index in [2.05, 4.69) is 37.5 Å². The summed E-state index contributed by atoms with van der Waals surface area (Å²) >= 11 is 0. The van der Waals surface area contributed by atoms with Gasteiger partial charge in [-0.1, -0.05) is 26.7 Å². The highest BCUT2D eigenvalue weighted by Gasteiger charge is 2.18. The van der Waals surface area contributed by atoms with E-state index in [1.54, 1.807) is 7.11 Å². The van der Waals surface area contributed by atoms with Gasteiger partial charge in [-0.2, -0.15) is 0 Å². The molecule has 1 amide bonds. The average Bonchev–Trinajstić information content (AvgIpc) is 3.21. The number of aromatic nitrogens is 3. The molecule has 3 N–H and O–H groups in total. The summed E-state index contributed by atoms with van der Waals surface area (Å²) < 4.78 is 5.37. The summed E-state index contributed by atoms with van der Waals surface area (Å²) in [6.07, 6.45) is 6.44. The number of carbonyl (C=O) groups excluding carboxylic acids is 1. The number of nitrogens with zero attached hydrogens (tertiary/aromatic N) is 3. The number of aryl methyl sites for hydroxylation is 2. The summed E-state index contributed by atoms with van der Waals surface area (Å²) in [6.45, 7) is 8.50. The lowest BCUT2D eigenvalue weighted by Gasteiger charge is -2.16. The highest BCUT2D eigenvalue weighted by Crippen LogP contribution is 2.24. The normalized spacial score (nSPS) is 12.6. The zero-order valence-electron chi connectivity index (χ0n) is 20.9. The Labute approximate surface area is 201 Å². The van der Waals surface area contributed by atoms with Crippen molar-refractivity contribution in [3.63, 3.8) is 0 Å². The minimum Gasteiger partial charge on any atom is -0.497 e. The first-order chi connectivity index (χ1) is 16.4. The molecule has 8 heteroatoms. The number of aliphatic imine (C=N–C) groups is 1. The average molecular weight is 465 g/mol. The maximum absolute atomic E-state index is 13.0. The zero-order chi connectivity index (χ0) is 24.5. The number of unbranched alkanes of at least 4 members (excludes halogenated alkanes) is 1. The number of carbonyl (C=O) groups is 1. The van der Waals surface area contributed by atoms with Crippen molar-refractivity contribution in [2.75, 3.05) is 19.0 Å². The molecule has 0 aliphatic rings. The van der Waals surface area contributed by atoms with Gasteiger partial charge in [0, 0.05) is 41.0 Å². The molecular weight excluding hydrogens is 428 g/mol. The van der Waals surface area contributed by atoms with Crippen molar-refractivity contribution in [1.29, 1.82) is 0 Å². The third kappa shape index (κ3) is 6.79. The fraction of sp³-hybridized carbons (Fsp3) is 0.462. The Balaban J connectivity index is 1.78. The molecule has 34 heavy (non-hydrogen) atoms. The van der Waals surface area contributed by atoms with E-state index in [1.807, 2.05) is 51.2 Å². The lowest BCUT2D eigenvalue weighted by molar-refractivity contribution is -0.123. The SMILES string of the molecule is CCCC[C@@H](CC)C(=O)NC(=NCCc1c[nH]c2ccc(OC)cc12)Nc1nc(C)cc(C)n1. The topological polar surface area (TPSA) is 104 Å². The summed E-state index contributed by atoms with van der Waals surface area (Å²) in [5.74, 6) is 1.55. The number of H-pyrrole nitrogens is 1. The van der Waals surface area contributed by atoms with Crippen LogP contribution in [0.15, 0.2) is 35.5 Å². The van der Waals surface area contributed by atoms with Crippen molar-refractivity contribution in [3.8, 4) is 5.75 Å². The summed E-state index contributed by atoms with van der Waals surface area (Å²) in [4.78, 5) is 29.8. The number of hydrogen-bond donors (Lipinski definition) is 3. The molecule has 3 aromatic rings. The minimum atomic E-state index is -0.0480. The second kappa shape index (κ2) is 12.2. The van der Waals surface area contributed by atoms with Crippen LogP contribution in [0.3, 0.4) is 0 Å². The van der Waals surface area contributed by atoms with Gasteiger partial charge in [0.2, 0.25) is 17.8 Å². The number of nitrogens with one attached hydrogen (secondary N) is 3. The number of guanidine groups is 1. The Kier molecular flexibility index (Phi) is 9.01. The standard InChI is InChI=1S/C26H36N6O2/c1-6-8-9-19(7-2)24(33)31-25(32-26-29-17(3)14-18(4)30-26)27-13-12-20-16-28-23-11-10-21(34-5)15-22(20)23/h10-11,14-16,19,28H,6-9,12-13H2,1-5H3,(H2,27,29,30,31,32,33)/t19-/m1/s1. The Morgan fingerprint density at radius 1 is 1.18 bits per heavy atom. The second-order valence-electron chi connectivity index (χ2n) is 8.54. The van der Waals surface area contributed by atoms with Gasteiger partial charge in [0.1, 0.15) is 5.75 Å². The summed E-state index contributed by atoms with van der Waals surface area (Å²) in [7, 11) is 1.66. The van der Waals surface area contributed by atoms with Gasteiger partial charge in [0.25, 0.3) is 0 Å². The van der Waals surface area contributed by atoms with Crippen LogP contribution in [-0.2, 0) is 11.2 Å². The number of hydrogen-bond acceptors (Lipinski definition) is 5. The summed E-state index contributed by atoms with van der Waals surface area (Å²) in [5, 5.41) is 7.23. The predicted molar refractivity (Wildman–Crippen MR) is 137 cm³/mol. The van der Waals surface area contributed by atoms with Crippen molar-refractivity contribution in [1.82, 2.24) is 20.3 Å². The first-order valence-electron chi connectivity index (χ1n) is 12.0. The molecule has 1 atom stereocenters. The second-order valence-corrected chi connectivity index (χ2v) is 8.54. The van der Waals surface area contributed by atoms with Gasteiger partial charge in [-0.25, -0.2) is 9.97 Å². The molecule has 0 unspecified atom stereocenters. The molecule has 8 nitrogen and oxygen atoms in total. The molecule has 2 heterocycles. The number of anilines is 1. The minimum absolute atomic E-state index is 0.0246. The summed E-state index contributed by atoms with van der Waals surface area (Å²) in [5.41, 5.74) is 3.89. The van der Waals surface area contributed by atoms with E-state index in [9.17, 15) is 4.79 Å². The number of ether oxygens (including phenoxy) is 1. The number of methoxy groups -OCH3 is 1. The number of benzene rings is 1. The van der Waals surface area contributed by atoms with Gasteiger partial charge in [-0.15, -0.1) is 0 Å². The monoisotopic (exact) mass is 464 g/mol. The van der Waals surface area contributed by atoms with E-state index >= 15 is 0 Å². The Hall–Kier alpha value is -3.42. The predicted octanol–water partition coefficient (Wildman–Crippen LogP) is 4.93. The molecule has 0 saturated carbocycles. The van der Waals surface area contributed by atoms with E-state index in [4.69, 9.17) is 4.74 Å². The molecule has 0 bridgehead atoms. The van der Waals surface area contributed by atoms with Crippen molar-refractivity contribution < 1.29 is 9.53 Å². The quantitative estimate of drug-likeness (QED) is 0.292. The van der Waals surface area contributed by atoms with Crippen LogP contribution >= 0.6 is 0 Å². The maximum Gasteiger partial charge on any atom is 0.229 e. The maximum atomic E-state index is 13.0. The number of amides is 1. The van der Waals surface area contributed by atoms with E-state index in [-0.39, 0.29) is 11.8 Å². The smallest absolute Gasteiger partial charge is 0.229 e. The van der Waals surface area contributed by atoms with Gasteiger partial charge < -0.3 is 9.72 Å². The van der Waals surface area contributed by atoms with Crippen LogP contribution in [0.25, 0.3) is 10.9 Å². The Bertz CT molecular complexity index is 1120. The molecule has 1 aromatic carbocycles.